The highest BCUT2D eigenvalue weighted by molar-refractivity contribution is 5.89. The topological polar surface area (TPSA) is 87.7 Å². The summed E-state index contributed by atoms with van der Waals surface area (Å²) in [6.45, 7) is 1.58. The van der Waals surface area contributed by atoms with E-state index in [4.69, 9.17) is 10.9 Å². The maximum Gasteiger partial charge on any atom is 0.397 e. The molecule has 4 N–H and O–H groups in total. The molecular formula is C7H12F3N3O2. The van der Waals surface area contributed by atoms with Gasteiger partial charge in [0, 0.05) is 0 Å². The standard InChI is InChI=1S/C7H12F3N3O2/c1-2-4(6(11)13-15)12-5(14)3-7(8,9)10/h4,15H,2-3H2,1H3,(H2,11,13)(H,12,14). The van der Waals surface area contributed by atoms with Gasteiger partial charge in [-0.3, -0.25) is 4.79 Å². The van der Waals surface area contributed by atoms with Gasteiger partial charge in [-0.05, 0) is 6.42 Å². The zero-order valence-corrected chi connectivity index (χ0v) is 8.01. The summed E-state index contributed by atoms with van der Waals surface area (Å²) < 4.78 is 35.3. The average Bonchev–Trinajstić information content (AvgIpc) is 2.10. The molecule has 0 aliphatic rings. The Morgan fingerprint density at radius 1 is 1.60 bits per heavy atom. The molecule has 0 aliphatic heterocycles. The highest BCUT2D eigenvalue weighted by Gasteiger charge is 2.32. The van der Waals surface area contributed by atoms with Crippen molar-refractivity contribution in [1.82, 2.24) is 5.32 Å². The van der Waals surface area contributed by atoms with Crippen LogP contribution in [0.15, 0.2) is 5.16 Å². The van der Waals surface area contributed by atoms with E-state index < -0.39 is 24.5 Å². The lowest BCUT2D eigenvalue weighted by molar-refractivity contribution is -0.153. The summed E-state index contributed by atoms with van der Waals surface area (Å²) in [6.07, 6.45) is -5.91. The molecule has 0 aromatic rings. The highest BCUT2D eigenvalue weighted by Crippen LogP contribution is 2.19. The van der Waals surface area contributed by atoms with Crippen LogP contribution < -0.4 is 11.1 Å². The summed E-state index contributed by atoms with van der Waals surface area (Å²) in [6, 6.07) is -0.884. The third-order valence-corrected chi connectivity index (χ3v) is 1.58. The second-order valence-corrected chi connectivity index (χ2v) is 2.85. The minimum Gasteiger partial charge on any atom is -0.409 e. The number of alkyl halides is 3. The molecule has 1 atom stereocenters. The van der Waals surface area contributed by atoms with Crippen LogP contribution in [-0.2, 0) is 4.79 Å². The number of halogens is 3. The Hall–Kier alpha value is -1.47. The van der Waals surface area contributed by atoms with E-state index in [1.54, 1.807) is 6.92 Å². The van der Waals surface area contributed by atoms with Crippen molar-refractivity contribution in [3.05, 3.63) is 0 Å². The fourth-order valence-electron chi connectivity index (χ4n) is 0.882. The van der Waals surface area contributed by atoms with E-state index in [-0.39, 0.29) is 12.3 Å². The predicted molar refractivity (Wildman–Crippen MR) is 46.3 cm³/mol. The number of rotatable bonds is 4. The van der Waals surface area contributed by atoms with E-state index in [0.29, 0.717) is 0 Å². The number of nitrogens with zero attached hydrogens (tertiary/aromatic N) is 1. The number of amides is 1. The Morgan fingerprint density at radius 2 is 2.13 bits per heavy atom. The first kappa shape index (κ1) is 13.5. The fourth-order valence-corrected chi connectivity index (χ4v) is 0.882. The zero-order valence-electron chi connectivity index (χ0n) is 8.01. The zero-order chi connectivity index (χ0) is 12.1. The lowest BCUT2D eigenvalue weighted by Crippen LogP contribution is -2.45. The molecule has 0 bridgehead atoms. The largest absolute Gasteiger partial charge is 0.409 e. The maximum atomic E-state index is 11.8. The van der Waals surface area contributed by atoms with Crippen LogP contribution in [0.3, 0.4) is 0 Å². The number of nitrogens with one attached hydrogen (secondary N) is 1. The van der Waals surface area contributed by atoms with Gasteiger partial charge in [-0.2, -0.15) is 13.2 Å². The molecular weight excluding hydrogens is 215 g/mol. The van der Waals surface area contributed by atoms with E-state index in [1.165, 1.54) is 0 Å². The molecule has 0 aliphatic carbocycles. The number of carbonyl (C=O) groups excluding carboxylic acids is 1. The predicted octanol–water partition coefficient (Wildman–Crippen LogP) is 0.580. The first-order chi connectivity index (χ1) is 6.80. The normalized spacial score (nSPS) is 14.8. The lowest BCUT2D eigenvalue weighted by atomic mass is 10.2. The molecule has 88 valence electrons. The Bertz CT molecular complexity index is 252. The molecule has 0 rings (SSSR count). The third-order valence-electron chi connectivity index (χ3n) is 1.58. The average molecular weight is 227 g/mol. The molecule has 15 heavy (non-hydrogen) atoms. The molecule has 0 aromatic heterocycles. The van der Waals surface area contributed by atoms with E-state index >= 15 is 0 Å². The Balaban J connectivity index is 4.26. The van der Waals surface area contributed by atoms with Crippen LogP contribution >= 0.6 is 0 Å². The Kier molecular flexibility index (Phi) is 4.89. The van der Waals surface area contributed by atoms with Crippen molar-refractivity contribution < 1.29 is 23.2 Å². The van der Waals surface area contributed by atoms with Gasteiger partial charge in [0.05, 0.1) is 6.04 Å². The van der Waals surface area contributed by atoms with Crippen LogP contribution in [0, 0.1) is 0 Å². The molecule has 0 spiro atoms. The summed E-state index contributed by atoms with van der Waals surface area (Å²) in [5.41, 5.74) is 5.14. The van der Waals surface area contributed by atoms with Crippen LogP contribution in [0.25, 0.3) is 0 Å². The van der Waals surface area contributed by atoms with Crippen LogP contribution in [0.4, 0.5) is 13.2 Å². The van der Waals surface area contributed by atoms with Gasteiger partial charge in [-0.25, -0.2) is 0 Å². The number of hydrogen-bond donors (Lipinski definition) is 3. The van der Waals surface area contributed by atoms with Gasteiger partial charge in [0.15, 0.2) is 5.84 Å². The minimum absolute atomic E-state index is 0.236. The maximum absolute atomic E-state index is 11.8. The van der Waals surface area contributed by atoms with Crippen molar-refractivity contribution >= 4 is 11.7 Å². The highest BCUT2D eigenvalue weighted by atomic mass is 19.4. The van der Waals surface area contributed by atoms with Gasteiger partial charge in [0.2, 0.25) is 5.91 Å². The molecule has 0 heterocycles. The van der Waals surface area contributed by atoms with Gasteiger partial charge in [-0.1, -0.05) is 12.1 Å². The molecule has 0 saturated carbocycles. The van der Waals surface area contributed by atoms with Crippen molar-refractivity contribution in [3.63, 3.8) is 0 Å². The van der Waals surface area contributed by atoms with Crippen LogP contribution in [0.2, 0.25) is 0 Å². The number of carbonyl (C=O) groups is 1. The number of oxime groups is 1. The van der Waals surface area contributed by atoms with Gasteiger partial charge < -0.3 is 16.3 Å². The van der Waals surface area contributed by atoms with Crippen molar-refractivity contribution in [2.75, 3.05) is 0 Å². The van der Waals surface area contributed by atoms with E-state index in [9.17, 15) is 18.0 Å². The molecule has 1 amide bonds. The molecule has 0 fully saturated rings. The first-order valence-electron chi connectivity index (χ1n) is 4.13. The summed E-state index contributed by atoms with van der Waals surface area (Å²) in [5, 5.41) is 12.9. The second-order valence-electron chi connectivity index (χ2n) is 2.85. The van der Waals surface area contributed by atoms with E-state index in [2.05, 4.69) is 5.16 Å². The van der Waals surface area contributed by atoms with Crippen molar-refractivity contribution in [2.24, 2.45) is 10.9 Å². The SMILES string of the molecule is CCC(NC(=O)CC(F)(F)F)/C(N)=N/O. The van der Waals surface area contributed by atoms with E-state index in [1.807, 2.05) is 5.32 Å². The molecule has 0 saturated heterocycles. The molecule has 1 unspecified atom stereocenters. The van der Waals surface area contributed by atoms with E-state index in [0.717, 1.165) is 0 Å². The summed E-state index contributed by atoms with van der Waals surface area (Å²) in [5.74, 6) is -1.53. The molecule has 0 radical (unpaired) electrons. The van der Waals surface area contributed by atoms with Gasteiger partial charge >= 0.3 is 6.18 Å². The monoisotopic (exact) mass is 227 g/mol. The first-order valence-corrected chi connectivity index (χ1v) is 4.13. The molecule has 5 nitrogen and oxygen atoms in total. The number of nitrogens with two attached hydrogens (primary N) is 1. The summed E-state index contributed by atoms with van der Waals surface area (Å²) in [4.78, 5) is 10.8. The smallest absolute Gasteiger partial charge is 0.397 e. The van der Waals surface area contributed by atoms with Crippen LogP contribution in [-0.4, -0.2) is 29.2 Å². The molecule has 8 heteroatoms. The minimum atomic E-state index is -4.56. The van der Waals surface area contributed by atoms with Crippen molar-refractivity contribution in [3.8, 4) is 0 Å². The fraction of sp³-hybridized carbons (Fsp3) is 0.714. The Morgan fingerprint density at radius 3 is 2.47 bits per heavy atom. The van der Waals surface area contributed by atoms with Crippen LogP contribution in [0.5, 0.6) is 0 Å². The lowest BCUT2D eigenvalue weighted by Gasteiger charge is -2.15. The quantitative estimate of drug-likeness (QED) is 0.284. The van der Waals surface area contributed by atoms with Crippen molar-refractivity contribution in [1.29, 1.82) is 0 Å². The summed E-state index contributed by atoms with van der Waals surface area (Å²) in [7, 11) is 0. The van der Waals surface area contributed by atoms with Gasteiger partial charge in [0.25, 0.3) is 0 Å². The second kappa shape index (κ2) is 5.42. The number of hydrogen-bond acceptors (Lipinski definition) is 3. The van der Waals surface area contributed by atoms with Gasteiger partial charge in [-0.15, -0.1) is 0 Å². The number of amidine groups is 1. The Labute approximate surface area is 84.1 Å². The van der Waals surface area contributed by atoms with Crippen LogP contribution in [0.1, 0.15) is 19.8 Å². The molecule has 0 aromatic carbocycles. The van der Waals surface area contributed by atoms with Gasteiger partial charge in [0.1, 0.15) is 6.42 Å². The summed E-state index contributed by atoms with van der Waals surface area (Å²) >= 11 is 0. The third kappa shape index (κ3) is 5.76. The van der Waals surface area contributed by atoms with Crippen molar-refractivity contribution in [2.45, 2.75) is 32.0 Å².